The number of nitrogens with zero attached hydrogens (tertiary/aromatic N) is 2. The van der Waals surface area contributed by atoms with E-state index in [4.69, 9.17) is 0 Å². The van der Waals surface area contributed by atoms with Crippen LogP contribution < -0.4 is 0 Å². The Bertz CT molecular complexity index is 3260. The van der Waals surface area contributed by atoms with Gasteiger partial charge in [-0.1, -0.05) is 140 Å². The average Bonchev–Trinajstić information content (AvgIpc) is 3.80. The van der Waals surface area contributed by atoms with Crippen LogP contribution in [-0.2, 0) is 0 Å². The van der Waals surface area contributed by atoms with Crippen LogP contribution >= 0.6 is 0 Å². The molecule has 2 heterocycles. The molecular formula is C56H42N2O. The lowest BCUT2D eigenvalue weighted by Gasteiger charge is -2.27. The van der Waals surface area contributed by atoms with E-state index in [-0.39, 0.29) is 11.8 Å². The number of phenolic OH excluding ortho intramolecular Hbond substituents is 1. The van der Waals surface area contributed by atoms with Gasteiger partial charge in [0, 0.05) is 39.0 Å². The van der Waals surface area contributed by atoms with Crippen molar-refractivity contribution in [3.8, 4) is 50.5 Å². The molecular weight excluding hydrogens is 717 g/mol. The predicted octanol–water partition coefficient (Wildman–Crippen LogP) is 14.7. The van der Waals surface area contributed by atoms with Gasteiger partial charge in [0.2, 0.25) is 0 Å². The molecule has 0 radical (unpaired) electrons. The van der Waals surface area contributed by atoms with Crippen LogP contribution in [0.3, 0.4) is 0 Å². The Hall–Kier alpha value is -7.36. The van der Waals surface area contributed by atoms with E-state index in [0.717, 1.165) is 28.1 Å². The van der Waals surface area contributed by atoms with E-state index in [1.807, 2.05) is 18.2 Å². The number of para-hydroxylation sites is 3. The smallest absolute Gasteiger partial charge is 0.123 e. The molecule has 0 saturated heterocycles. The summed E-state index contributed by atoms with van der Waals surface area (Å²) in [5, 5.41) is 14.5. The summed E-state index contributed by atoms with van der Waals surface area (Å²) < 4.78 is 4.84. The molecule has 1 aliphatic rings. The van der Waals surface area contributed by atoms with Gasteiger partial charge in [-0.15, -0.1) is 0 Å². The maximum atomic E-state index is 10.8. The molecule has 0 bridgehead atoms. The summed E-state index contributed by atoms with van der Waals surface area (Å²) in [6, 6.07) is 67.4. The lowest BCUT2D eigenvalue weighted by Crippen LogP contribution is -2.12. The normalized spacial score (nSPS) is 14.9. The molecule has 282 valence electrons. The zero-order valence-electron chi connectivity index (χ0n) is 33.0. The number of hydrogen-bond acceptors (Lipinski definition) is 1. The lowest BCUT2D eigenvalue weighted by molar-refractivity contribution is 0.477. The number of allylic oxidation sites excluding steroid dienone is 1. The molecule has 3 nitrogen and oxygen atoms in total. The van der Waals surface area contributed by atoms with Crippen molar-refractivity contribution in [2.75, 3.05) is 0 Å². The second-order valence-electron chi connectivity index (χ2n) is 16.0. The summed E-state index contributed by atoms with van der Waals surface area (Å²) >= 11 is 0. The zero-order chi connectivity index (χ0) is 39.6. The molecule has 0 spiro atoms. The van der Waals surface area contributed by atoms with Crippen LogP contribution in [0, 0.1) is 6.92 Å². The Morgan fingerprint density at radius 1 is 0.458 bits per heavy atom. The highest BCUT2D eigenvalue weighted by Crippen LogP contribution is 2.47. The van der Waals surface area contributed by atoms with E-state index in [0.29, 0.717) is 5.75 Å². The Morgan fingerprint density at radius 2 is 1.07 bits per heavy atom. The first-order chi connectivity index (χ1) is 29.0. The summed E-state index contributed by atoms with van der Waals surface area (Å²) in [4.78, 5) is 0. The molecule has 1 aliphatic carbocycles. The molecule has 0 saturated carbocycles. The largest absolute Gasteiger partial charge is 0.507 e. The van der Waals surface area contributed by atoms with E-state index in [9.17, 15) is 5.11 Å². The summed E-state index contributed by atoms with van der Waals surface area (Å²) in [5.74, 6) is 0.725. The second-order valence-corrected chi connectivity index (χ2v) is 16.0. The quantitative estimate of drug-likeness (QED) is 0.180. The van der Waals surface area contributed by atoms with E-state index < -0.39 is 0 Å². The van der Waals surface area contributed by atoms with Gasteiger partial charge < -0.3 is 14.2 Å². The highest BCUT2D eigenvalue weighted by atomic mass is 16.3. The number of aromatic hydroxyl groups is 1. The van der Waals surface area contributed by atoms with Crippen LogP contribution in [-0.4, -0.2) is 14.2 Å². The van der Waals surface area contributed by atoms with Crippen LogP contribution in [0.4, 0.5) is 0 Å². The Kier molecular flexibility index (Phi) is 8.23. The van der Waals surface area contributed by atoms with Gasteiger partial charge in [0.05, 0.1) is 22.2 Å². The minimum atomic E-state index is 0.186. The van der Waals surface area contributed by atoms with Crippen molar-refractivity contribution in [3.63, 3.8) is 0 Å². The third kappa shape index (κ3) is 5.73. The minimum absolute atomic E-state index is 0.186. The van der Waals surface area contributed by atoms with Gasteiger partial charge in [0.25, 0.3) is 0 Å². The van der Waals surface area contributed by atoms with Crippen LogP contribution in [0.2, 0.25) is 0 Å². The molecule has 8 aromatic carbocycles. The molecule has 2 aromatic heterocycles. The summed E-state index contributed by atoms with van der Waals surface area (Å²) in [5.41, 5.74) is 17.6. The third-order valence-electron chi connectivity index (χ3n) is 12.6. The van der Waals surface area contributed by atoms with Gasteiger partial charge in [-0.2, -0.15) is 0 Å². The average molecular weight is 759 g/mol. The van der Waals surface area contributed by atoms with Gasteiger partial charge in [0.15, 0.2) is 0 Å². The van der Waals surface area contributed by atoms with Crippen LogP contribution in [0.5, 0.6) is 5.75 Å². The molecule has 59 heavy (non-hydrogen) atoms. The van der Waals surface area contributed by atoms with Crippen LogP contribution in [0.1, 0.15) is 41.1 Å². The number of aromatic nitrogens is 2. The van der Waals surface area contributed by atoms with E-state index in [1.54, 1.807) is 6.07 Å². The fourth-order valence-electron chi connectivity index (χ4n) is 9.68. The maximum absolute atomic E-state index is 10.8. The van der Waals surface area contributed by atoms with Gasteiger partial charge >= 0.3 is 0 Å². The highest BCUT2D eigenvalue weighted by Gasteiger charge is 2.30. The number of aryl methyl sites for hydroxylation is 1. The van der Waals surface area contributed by atoms with E-state index >= 15 is 0 Å². The van der Waals surface area contributed by atoms with E-state index in [1.165, 1.54) is 71.8 Å². The monoisotopic (exact) mass is 758 g/mol. The molecule has 3 heteroatoms. The van der Waals surface area contributed by atoms with Gasteiger partial charge in [0.1, 0.15) is 5.75 Å². The van der Waals surface area contributed by atoms with Crippen molar-refractivity contribution in [3.05, 3.63) is 217 Å². The Morgan fingerprint density at radius 3 is 1.83 bits per heavy atom. The number of hydrogen-bond donors (Lipinski definition) is 1. The minimum Gasteiger partial charge on any atom is -0.507 e. The standard InChI is InChI=1S/C56H42N2O/c1-36-24-25-42(35-48(36)46-20-10-12-23-55(46)59)45-28-31-54-56(37(45)2)47-21-9-11-22-51(47)58(54)44-19-13-16-39(32-44)41-27-30-53-50(34-41)49-33-40(38-14-5-3-6-15-38)26-29-52(49)57(53)43-17-7-4-8-18-43/h3-35,37,45,59H,1-2H3. The SMILES string of the molecule is Cc1ccc(C2C=Cc3c(c4ccccc4n3-c3cccc(-c4ccc5c(c4)c4cc(-c6ccccc6)ccc4n5-c4ccccc4)c3)C2C)cc1-c1ccccc1O. The van der Waals surface area contributed by atoms with Gasteiger partial charge in [-0.3, -0.25) is 0 Å². The third-order valence-corrected chi connectivity index (χ3v) is 12.6. The maximum Gasteiger partial charge on any atom is 0.123 e. The molecule has 2 atom stereocenters. The van der Waals surface area contributed by atoms with Crippen molar-refractivity contribution in [1.29, 1.82) is 0 Å². The Balaban J connectivity index is 1.03. The molecule has 0 fully saturated rings. The number of benzene rings is 8. The first kappa shape index (κ1) is 34.9. The van der Waals surface area contributed by atoms with Crippen LogP contribution in [0.15, 0.2) is 194 Å². The summed E-state index contributed by atoms with van der Waals surface area (Å²) in [6.45, 7) is 4.48. The fourth-order valence-corrected chi connectivity index (χ4v) is 9.68. The van der Waals surface area contributed by atoms with Crippen molar-refractivity contribution < 1.29 is 5.11 Å². The molecule has 1 N–H and O–H groups in total. The van der Waals surface area contributed by atoms with Crippen molar-refractivity contribution in [2.24, 2.45) is 0 Å². The van der Waals surface area contributed by atoms with Gasteiger partial charge in [-0.25, -0.2) is 0 Å². The number of rotatable bonds is 6. The van der Waals surface area contributed by atoms with Crippen LogP contribution in [0.25, 0.3) is 83.5 Å². The number of phenols is 1. The summed E-state index contributed by atoms with van der Waals surface area (Å²) in [7, 11) is 0. The molecule has 0 amide bonds. The molecule has 10 aromatic rings. The highest BCUT2D eigenvalue weighted by molar-refractivity contribution is 6.11. The first-order valence-corrected chi connectivity index (χ1v) is 20.5. The van der Waals surface area contributed by atoms with E-state index in [2.05, 4.69) is 199 Å². The molecule has 11 rings (SSSR count). The van der Waals surface area contributed by atoms with Crippen molar-refractivity contribution in [1.82, 2.24) is 9.13 Å². The van der Waals surface area contributed by atoms with Gasteiger partial charge in [-0.05, 0) is 124 Å². The first-order valence-electron chi connectivity index (χ1n) is 20.5. The van der Waals surface area contributed by atoms with Crippen molar-refractivity contribution in [2.45, 2.75) is 25.7 Å². The fraction of sp³-hybridized carbons (Fsp3) is 0.0714. The zero-order valence-corrected chi connectivity index (χ0v) is 33.0. The van der Waals surface area contributed by atoms with Crippen molar-refractivity contribution >= 4 is 38.8 Å². The Labute approximate surface area is 344 Å². The summed E-state index contributed by atoms with van der Waals surface area (Å²) in [6.07, 6.45) is 4.71. The lowest BCUT2D eigenvalue weighted by atomic mass is 9.77. The predicted molar refractivity (Wildman–Crippen MR) is 247 cm³/mol. The molecule has 0 aliphatic heterocycles. The molecule has 2 unspecified atom stereocenters. The number of fused-ring (bicyclic) bond motifs is 6. The topological polar surface area (TPSA) is 30.1 Å². The second kappa shape index (κ2) is 13.9.